The van der Waals surface area contributed by atoms with Gasteiger partial charge < -0.3 is 21.9 Å². The van der Waals surface area contributed by atoms with E-state index >= 15 is 0 Å². The molecule has 1 aromatic heterocycles. The standard InChI is InChI=1S/C13H12N4O3/c14-9-5-6-10(12(16)19)17-13(9)20-8-3-1-7(2-4-8)11(15)18/h1-6H,14H2,(H2,15,18)(H2,16,19). The van der Waals surface area contributed by atoms with Crippen LogP contribution in [0.2, 0.25) is 0 Å². The fraction of sp³-hybridized carbons (Fsp3) is 0. The van der Waals surface area contributed by atoms with Gasteiger partial charge >= 0.3 is 0 Å². The van der Waals surface area contributed by atoms with Gasteiger partial charge in [0.25, 0.3) is 5.91 Å². The van der Waals surface area contributed by atoms with Crippen molar-refractivity contribution in [3.8, 4) is 11.6 Å². The molecule has 0 aliphatic carbocycles. The van der Waals surface area contributed by atoms with Crippen LogP contribution >= 0.6 is 0 Å². The molecular weight excluding hydrogens is 260 g/mol. The van der Waals surface area contributed by atoms with Crippen LogP contribution in [0.3, 0.4) is 0 Å². The molecule has 0 atom stereocenters. The van der Waals surface area contributed by atoms with E-state index in [-0.39, 0.29) is 17.3 Å². The van der Waals surface area contributed by atoms with E-state index in [0.717, 1.165) is 0 Å². The number of rotatable bonds is 4. The van der Waals surface area contributed by atoms with Gasteiger partial charge in [0.15, 0.2) is 0 Å². The minimum absolute atomic E-state index is 0.0444. The van der Waals surface area contributed by atoms with Crippen LogP contribution in [0.4, 0.5) is 5.69 Å². The van der Waals surface area contributed by atoms with Gasteiger partial charge in [-0.3, -0.25) is 9.59 Å². The predicted octanol–water partition coefficient (Wildman–Crippen LogP) is 0.654. The van der Waals surface area contributed by atoms with Gasteiger partial charge in [0.2, 0.25) is 11.8 Å². The highest BCUT2D eigenvalue weighted by molar-refractivity contribution is 5.93. The zero-order valence-electron chi connectivity index (χ0n) is 10.4. The van der Waals surface area contributed by atoms with Crippen LogP contribution < -0.4 is 21.9 Å². The molecule has 2 amide bonds. The van der Waals surface area contributed by atoms with Crippen LogP contribution in [0.25, 0.3) is 0 Å². The van der Waals surface area contributed by atoms with Crippen molar-refractivity contribution in [3.63, 3.8) is 0 Å². The minimum Gasteiger partial charge on any atom is -0.437 e. The van der Waals surface area contributed by atoms with Crippen molar-refractivity contribution in [2.24, 2.45) is 11.5 Å². The summed E-state index contributed by atoms with van der Waals surface area (Å²) >= 11 is 0. The van der Waals surface area contributed by atoms with Gasteiger partial charge in [-0.05, 0) is 36.4 Å². The molecule has 6 N–H and O–H groups in total. The number of carbonyl (C=O) groups excluding carboxylic acids is 2. The molecule has 0 bridgehead atoms. The molecule has 0 saturated carbocycles. The van der Waals surface area contributed by atoms with E-state index in [4.69, 9.17) is 21.9 Å². The Bertz CT molecular complexity index is 668. The summed E-state index contributed by atoms with van der Waals surface area (Å²) in [6.45, 7) is 0. The van der Waals surface area contributed by atoms with Crippen molar-refractivity contribution in [2.45, 2.75) is 0 Å². The first-order valence-corrected chi connectivity index (χ1v) is 5.61. The second-order valence-corrected chi connectivity index (χ2v) is 3.95. The molecule has 0 saturated heterocycles. The van der Waals surface area contributed by atoms with Crippen LogP contribution in [0.15, 0.2) is 36.4 Å². The van der Waals surface area contributed by atoms with Gasteiger partial charge in [-0.15, -0.1) is 0 Å². The number of aromatic nitrogens is 1. The summed E-state index contributed by atoms with van der Waals surface area (Å²) in [5.41, 5.74) is 16.6. The second kappa shape index (κ2) is 5.27. The fourth-order valence-corrected chi connectivity index (χ4v) is 1.47. The lowest BCUT2D eigenvalue weighted by atomic mass is 10.2. The summed E-state index contributed by atoms with van der Waals surface area (Å²) in [4.78, 5) is 25.9. The molecule has 0 unspecified atom stereocenters. The van der Waals surface area contributed by atoms with Gasteiger partial charge in [-0.1, -0.05) is 0 Å². The highest BCUT2D eigenvalue weighted by Gasteiger charge is 2.09. The number of anilines is 1. The van der Waals surface area contributed by atoms with E-state index in [1.807, 2.05) is 0 Å². The summed E-state index contributed by atoms with van der Waals surface area (Å²) in [7, 11) is 0. The Morgan fingerprint density at radius 3 is 2.15 bits per heavy atom. The zero-order chi connectivity index (χ0) is 14.7. The summed E-state index contributed by atoms with van der Waals surface area (Å²) < 4.78 is 5.44. The average Bonchev–Trinajstić information content (AvgIpc) is 2.41. The number of nitrogens with two attached hydrogens (primary N) is 3. The van der Waals surface area contributed by atoms with Crippen molar-refractivity contribution in [1.29, 1.82) is 0 Å². The van der Waals surface area contributed by atoms with Crippen molar-refractivity contribution in [2.75, 3.05) is 5.73 Å². The molecule has 0 aliphatic rings. The lowest BCUT2D eigenvalue weighted by molar-refractivity contribution is 0.0988. The molecule has 1 heterocycles. The summed E-state index contributed by atoms with van der Waals surface area (Å²) in [6, 6.07) is 8.97. The van der Waals surface area contributed by atoms with Gasteiger partial charge in [0.1, 0.15) is 11.4 Å². The Hall–Kier alpha value is -3.09. The second-order valence-electron chi connectivity index (χ2n) is 3.95. The first-order chi connectivity index (χ1) is 9.47. The Kier molecular flexibility index (Phi) is 3.52. The van der Waals surface area contributed by atoms with E-state index in [9.17, 15) is 9.59 Å². The van der Waals surface area contributed by atoms with Gasteiger partial charge in [0.05, 0.1) is 5.69 Å². The molecule has 7 heteroatoms. The molecule has 1 aromatic carbocycles. The van der Waals surface area contributed by atoms with Crippen LogP contribution in [-0.2, 0) is 0 Å². The monoisotopic (exact) mass is 272 g/mol. The van der Waals surface area contributed by atoms with E-state index in [1.54, 1.807) is 0 Å². The number of hydrogen-bond acceptors (Lipinski definition) is 5. The van der Waals surface area contributed by atoms with Crippen LogP contribution in [0.1, 0.15) is 20.8 Å². The lowest BCUT2D eigenvalue weighted by Crippen LogP contribution is -2.13. The fourth-order valence-electron chi connectivity index (χ4n) is 1.47. The number of carbonyl (C=O) groups is 2. The number of primary amides is 2. The van der Waals surface area contributed by atoms with Gasteiger partial charge in [-0.25, -0.2) is 4.98 Å². The third-order valence-corrected chi connectivity index (χ3v) is 2.50. The highest BCUT2D eigenvalue weighted by Crippen LogP contribution is 2.25. The summed E-state index contributed by atoms with van der Waals surface area (Å²) in [5, 5.41) is 0. The number of nitrogens with zero attached hydrogens (tertiary/aromatic N) is 1. The maximum absolute atomic E-state index is 11.0. The Balaban J connectivity index is 2.27. The van der Waals surface area contributed by atoms with Crippen LogP contribution in [0, 0.1) is 0 Å². The Morgan fingerprint density at radius 1 is 0.950 bits per heavy atom. The SMILES string of the molecule is NC(=O)c1ccc(Oc2nc(C(N)=O)ccc2N)cc1. The van der Waals surface area contributed by atoms with Gasteiger partial charge in [-0.2, -0.15) is 0 Å². The van der Waals surface area contributed by atoms with Crippen molar-refractivity contribution < 1.29 is 14.3 Å². The quantitative estimate of drug-likeness (QED) is 0.751. The summed E-state index contributed by atoms with van der Waals surface area (Å²) in [6.07, 6.45) is 0. The molecule has 2 aromatic rings. The zero-order valence-corrected chi connectivity index (χ0v) is 10.4. The number of benzene rings is 1. The molecule has 7 nitrogen and oxygen atoms in total. The smallest absolute Gasteiger partial charge is 0.267 e. The van der Waals surface area contributed by atoms with Gasteiger partial charge in [0, 0.05) is 5.56 Å². The average molecular weight is 272 g/mol. The maximum atomic E-state index is 11.0. The Labute approximate surface area is 114 Å². The van der Waals surface area contributed by atoms with E-state index < -0.39 is 11.8 Å². The molecule has 0 radical (unpaired) electrons. The highest BCUT2D eigenvalue weighted by atomic mass is 16.5. The summed E-state index contributed by atoms with van der Waals surface area (Å²) in [5.74, 6) is -0.757. The molecule has 0 spiro atoms. The molecular formula is C13H12N4O3. The molecule has 102 valence electrons. The molecule has 0 aliphatic heterocycles. The van der Waals surface area contributed by atoms with Crippen molar-refractivity contribution in [3.05, 3.63) is 47.7 Å². The largest absolute Gasteiger partial charge is 0.437 e. The van der Waals surface area contributed by atoms with E-state index in [1.165, 1.54) is 36.4 Å². The Morgan fingerprint density at radius 2 is 1.60 bits per heavy atom. The maximum Gasteiger partial charge on any atom is 0.267 e. The lowest BCUT2D eigenvalue weighted by Gasteiger charge is -2.08. The van der Waals surface area contributed by atoms with E-state index in [0.29, 0.717) is 11.3 Å². The number of ether oxygens (including phenoxy) is 1. The first kappa shape index (κ1) is 13.3. The van der Waals surface area contributed by atoms with Crippen LogP contribution in [-0.4, -0.2) is 16.8 Å². The normalized spacial score (nSPS) is 10.0. The number of amides is 2. The third-order valence-electron chi connectivity index (χ3n) is 2.50. The first-order valence-electron chi connectivity index (χ1n) is 5.61. The molecule has 0 fully saturated rings. The van der Waals surface area contributed by atoms with Crippen molar-refractivity contribution in [1.82, 2.24) is 4.98 Å². The number of hydrogen-bond donors (Lipinski definition) is 3. The topological polar surface area (TPSA) is 134 Å². The third kappa shape index (κ3) is 2.83. The number of nitrogen functional groups attached to an aromatic ring is 1. The minimum atomic E-state index is -0.682. The van der Waals surface area contributed by atoms with Crippen LogP contribution in [0.5, 0.6) is 11.6 Å². The van der Waals surface area contributed by atoms with E-state index in [2.05, 4.69) is 4.98 Å². The molecule has 2 rings (SSSR count). The predicted molar refractivity (Wildman–Crippen MR) is 72.2 cm³/mol. The number of pyridine rings is 1. The molecule has 20 heavy (non-hydrogen) atoms. The van der Waals surface area contributed by atoms with Crippen molar-refractivity contribution >= 4 is 17.5 Å².